The summed E-state index contributed by atoms with van der Waals surface area (Å²) in [6.45, 7) is 0.930. The first-order valence-corrected chi connectivity index (χ1v) is 6.99. The molecule has 0 heterocycles. The molecule has 0 amide bonds. The molecular formula is C15H20F3NO. The average Bonchev–Trinajstić information content (AvgIpc) is 3.19. The van der Waals surface area contributed by atoms with Crippen molar-refractivity contribution < 1.29 is 17.9 Å². The van der Waals surface area contributed by atoms with Crippen molar-refractivity contribution in [2.75, 3.05) is 13.2 Å². The smallest absolute Gasteiger partial charge is 0.376 e. The summed E-state index contributed by atoms with van der Waals surface area (Å²) in [6.07, 6.45) is -1.48. The highest BCUT2D eigenvalue weighted by atomic mass is 19.4. The van der Waals surface area contributed by atoms with Gasteiger partial charge in [-0.05, 0) is 36.9 Å². The van der Waals surface area contributed by atoms with Crippen LogP contribution in [0.2, 0.25) is 0 Å². The van der Waals surface area contributed by atoms with E-state index >= 15 is 0 Å². The molecule has 5 heteroatoms. The maximum absolute atomic E-state index is 11.9. The molecule has 1 aromatic carbocycles. The van der Waals surface area contributed by atoms with Gasteiger partial charge in [-0.1, -0.05) is 24.3 Å². The summed E-state index contributed by atoms with van der Waals surface area (Å²) in [5, 5.41) is 3.44. The van der Waals surface area contributed by atoms with E-state index in [0.29, 0.717) is 0 Å². The molecule has 1 fully saturated rings. The molecule has 0 bridgehead atoms. The summed E-state index contributed by atoms with van der Waals surface area (Å²) in [5.74, 6) is 0. The topological polar surface area (TPSA) is 21.3 Å². The number of halogens is 3. The van der Waals surface area contributed by atoms with Crippen molar-refractivity contribution in [2.45, 2.75) is 44.5 Å². The van der Waals surface area contributed by atoms with Gasteiger partial charge in [-0.3, -0.25) is 0 Å². The van der Waals surface area contributed by atoms with Crippen LogP contribution in [0.5, 0.6) is 0 Å². The Kier molecular flexibility index (Phi) is 5.43. The second-order valence-corrected chi connectivity index (χ2v) is 5.21. The van der Waals surface area contributed by atoms with Crippen molar-refractivity contribution in [3.8, 4) is 0 Å². The van der Waals surface area contributed by atoms with Gasteiger partial charge in [-0.25, -0.2) is 0 Å². The fourth-order valence-corrected chi connectivity index (χ4v) is 1.89. The number of ether oxygens (including phenoxy) is 1. The maximum atomic E-state index is 11.9. The van der Waals surface area contributed by atoms with Crippen LogP contribution in [0.4, 0.5) is 13.2 Å². The van der Waals surface area contributed by atoms with E-state index in [4.69, 9.17) is 4.74 Å². The summed E-state index contributed by atoms with van der Waals surface area (Å²) >= 11 is 0. The minimum atomic E-state index is -4.14. The van der Waals surface area contributed by atoms with Crippen molar-refractivity contribution in [1.29, 1.82) is 0 Å². The second-order valence-electron chi connectivity index (χ2n) is 5.21. The zero-order valence-corrected chi connectivity index (χ0v) is 11.4. The lowest BCUT2D eigenvalue weighted by molar-refractivity contribution is -0.146. The Labute approximate surface area is 117 Å². The quantitative estimate of drug-likeness (QED) is 0.739. The van der Waals surface area contributed by atoms with Gasteiger partial charge in [-0.15, -0.1) is 0 Å². The largest absolute Gasteiger partial charge is 0.391 e. The van der Waals surface area contributed by atoms with E-state index in [9.17, 15) is 13.2 Å². The lowest BCUT2D eigenvalue weighted by Crippen LogP contribution is -2.19. The highest BCUT2D eigenvalue weighted by Gasteiger charge is 2.26. The van der Waals surface area contributed by atoms with E-state index in [-0.39, 0.29) is 13.2 Å². The lowest BCUT2D eigenvalue weighted by atomic mass is 10.1. The van der Waals surface area contributed by atoms with Gasteiger partial charge >= 0.3 is 6.18 Å². The third-order valence-electron chi connectivity index (χ3n) is 3.25. The molecule has 0 radical (unpaired) electrons. The van der Waals surface area contributed by atoms with Crippen LogP contribution in [-0.4, -0.2) is 25.4 Å². The summed E-state index contributed by atoms with van der Waals surface area (Å²) in [7, 11) is 0. The summed E-state index contributed by atoms with van der Waals surface area (Å²) in [5.41, 5.74) is 2.14. The molecule has 1 aliphatic carbocycles. The van der Waals surface area contributed by atoms with E-state index < -0.39 is 12.6 Å². The molecule has 1 saturated carbocycles. The first-order valence-electron chi connectivity index (χ1n) is 6.99. The van der Waals surface area contributed by atoms with E-state index in [1.807, 2.05) is 24.3 Å². The maximum Gasteiger partial charge on any atom is 0.391 e. The number of hydrogen-bond donors (Lipinski definition) is 1. The van der Waals surface area contributed by atoms with Gasteiger partial charge in [0.2, 0.25) is 0 Å². The predicted molar refractivity (Wildman–Crippen MR) is 71.5 cm³/mol. The van der Waals surface area contributed by atoms with Crippen molar-refractivity contribution in [3.63, 3.8) is 0 Å². The van der Waals surface area contributed by atoms with Crippen LogP contribution in [-0.2, 0) is 17.8 Å². The monoisotopic (exact) mass is 287 g/mol. The van der Waals surface area contributed by atoms with Crippen LogP contribution in [0.1, 0.15) is 30.4 Å². The fraction of sp³-hybridized carbons (Fsp3) is 0.600. The fourth-order valence-electron chi connectivity index (χ4n) is 1.89. The van der Waals surface area contributed by atoms with Crippen LogP contribution >= 0.6 is 0 Å². The first kappa shape index (κ1) is 15.3. The standard InChI is InChI=1S/C15H20F3NO/c16-15(17,18)8-10-20-11-13-3-1-12(2-4-13)7-9-19-14-5-6-14/h1-4,14,19H,5-11H2. The van der Waals surface area contributed by atoms with Gasteiger partial charge < -0.3 is 10.1 Å². The zero-order valence-electron chi connectivity index (χ0n) is 11.4. The van der Waals surface area contributed by atoms with E-state index in [0.717, 1.165) is 24.6 Å². The molecular weight excluding hydrogens is 267 g/mol. The number of hydrogen-bond acceptors (Lipinski definition) is 2. The Balaban J connectivity index is 1.62. The first-order chi connectivity index (χ1) is 9.53. The van der Waals surface area contributed by atoms with Crippen molar-refractivity contribution in [1.82, 2.24) is 5.32 Å². The third-order valence-corrected chi connectivity index (χ3v) is 3.25. The third kappa shape index (κ3) is 6.39. The highest BCUT2D eigenvalue weighted by Crippen LogP contribution is 2.19. The number of alkyl halides is 3. The molecule has 1 aromatic rings. The Hall–Kier alpha value is -1.07. The van der Waals surface area contributed by atoms with E-state index in [1.165, 1.54) is 18.4 Å². The van der Waals surface area contributed by atoms with E-state index in [2.05, 4.69) is 5.32 Å². The number of nitrogens with one attached hydrogen (secondary N) is 1. The summed E-state index contributed by atoms with van der Waals surface area (Å²) < 4.78 is 40.8. The van der Waals surface area contributed by atoms with Crippen molar-refractivity contribution in [3.05, 3.63) is 35.4 Å². The normalized spacial score (nSPS) is 15.6. The van der Waals surface area contributed by atoms with Crippen molar-refractivity contribution in [2.24, 2.45) is 0 Å². The van der Waals surface area contributed by atoms with Gasteiger partial charge in [0.05, 0.1) is 19.6 Å². The number of rotatable bonds is 8. The van der Waals surface area contributed by atoms with Gasteiger partial charge in [0.1, 0.15) is 0 Å². The molecule has 0 saturated heterocycles. The van der Waals surface area contributed by atoms with Gasteiger partial charge in [-0.2, -0.15) is 13.2 Å². The Morgan fingerprint density at radius 3 is 2.35 bits per heavy atom. The highest BCUT2D eigenvalue weighted by molar-refractivity contribution is 5.22. The minimum absolute atomic E-state index is 0.233. The molecule has 20 heavy (non-hydrogen) atoms. The summed E-state index contributed by atoms with van der Waals surface area (Å²) in [6, 6.07) is 8.57. The summed E-state index contributed by atoms with van der Waals surface area (Å²) in [4.78, 5) is 0. The molecule has 112 valence electrons. The average molecular weight is 287 g/mol. The molecule has 1 N–H and O–H groups in total. The van der Waals surface area contributed by atoms with Gasteiger partial charge in [0.15, 0.2) is 0 Å². The SMILES string of the molecule is FC(F)(F)CCOCc1ccc(CCNC2CC2)cc1. The molecule has 0 spiro atoms. The Bertz CT molecular complexity index is 399. The Morgan fingerprint density at radius 2 is 1.75 bits per heavy atom. The molecule has 0 unspecified atom stereocenters. The van der Waals surface area contributed by atoms with Crippen LogP contribution in [0.25, 0.3) is 0 Å². The molecule has 1 aliphatic rings. The van der Waals surface area contributed by atoms with Gasteiger partial charge in [0, 0.05) is 6.04 Å². The van der Waals surface area contributed by atoms with Crippen LogP contribution in [0.3, 0.4) is 0 Å². The van der Waals surface area contributed by atoms with Crippen LogP contribution in [0, 0.1) is 0 Å². The molecule has 2 rings (SSSR count). The molecule has 0 aromatic heterocycles. The van der Waals surface area contributed by atoms with E-state index in [1.54, 1.807) is 0 Å². The van der Waals surface area contributed by atoms with Crippen LogP contribution < -0.4 is 5.32 Å². The predicted octanol–water partition coefficient (Wildman–Crippen LogP) is 3.45. The lowest BCUT2D eigenvalue weighted by Gasteiger charge is -2.08. The zero-order chi connectivity index (χ0) is 14.4. The van der Waals surface area contributed by atoms with Gasteiger partial charge in [0.25, 0.3) is 0 Å². The molecule has 0 aliphatic heterocycles. The number of benzene rings is 1. The van der Waals surface area contributed by atoms with Crippen molar-refractivity contribution >= 4 is 0 Å². The minimum Gasteiger partial charge on any atom is -0.376 e. The van der Waals surface area contributed by atoms with Crippen LogP contribution in [0.15, 0.2) is 24.3 Å². The second kappa shape index (κ2) is 7.09. The molecule has 2 nitrogen and oxygen atoms in total. The molecule has 0 atom stereocenters. The Morgan fingerprint density at radius 1 is 1.10 bits per heavy atom.